The van der Waals surface area contributed by atoms with Crippen molar-refractivity contribution < 1.29 is 13.9 Å². The Morgan fingerprint density at radius 1 is 1.09 bits per heavy atom. The van der Waals surface area contributed by atoms with Gasteiger partial charge in [-0.25, -0.2) is 23.9 Å². The molecule has 2 saturated heterocycles. The molecule has 2 N–H and O–H groups in total. The van der Waals surface area contributed by atoms with E-state index in [1.54, 1.807) is 33.8 Å². The Hall–Kier alpha value is -4.82. The summed E-state index contributed by atoms with van der Waals surface area (Å²) in [6, 6.07) is 13.5. The highest BCUT2D eigenvalue weighted by Crippen LogP contribution is 2.35. The lowest BCUT2D eigenvalue weighted by Crippen LogP contribution is -2.46. The summed E-state index contributed by atoms with van der Waals surface area (Å²) >= 11 is 0. The van der Waals surface area contributed by atoms with Crippen LogP contribution in [0.15, 0.2) is 66.6 Å². The van der Waals surface area contributed by atoms with E-state index >= 15 is 4.39 Å². The van der Waals surface area contributed by atoms with Gasteiger partial charge in [0, 0.05) is 23.7 Å². The average Bonchev–Trinajstić information content (AvgIpc) is 3.66. The standard InChI is InChI=1S/C34H37FN8O2.CH4/c1-34(2,41-16-8-5-9-17-41)20-28(37-3)33(44)42-18-10-11-23(42)21-43-32-29(31(36)38-22-39-32)30(40-43)26-15-14-25(19-27(26)35)45-24-12-6-4-7-13-24;/h4,6-7,12-15,19-20,22-23H,5,8-11,16-18,21H2,1-2H3,(H2,36,38,39);1H4. The molecule has 10 nitrogen and oxygen atoms in total. The summed E-state index contributed by atoms with van der Waals surface area (Å²) in [6.45, 7) is 14.8. The van der Waals surface area contributed by atoms with Crippen LogP contribution in [0.25, 0.3) is 27.1 Å². The van der Waals surface area contributed by atoms with E-state index in [2.05, 4.69) is 33.6 Å². The molecular formula is C35H41FN8O2. The van der Waals surface area contributed by atoms with Crippen molar-refractivity contribution in [1.29, 1.82) is 0 Å². The van der Waals surface area contributed by atoms with Crippen LogP contribution < -0.4 is 10.5 Å². The number of rotatable bonds is 8. The fraction of sp³-hybridized carbons (Fsp3) is 0.400. The van der Waals surface area contributed by atoms with E-state index in [4.69, 9.17) is 22.1 Å². The quantitative estimate of drug-likeness (QED) is 0.172. The van der Waals surface area contributed by atoms with Crippen LogP contribution in [0, 0.1) is 12.4 Å². The Morgan fingerprint density at radius 2 is 1.85 bits per heavy atom. The van der Waals surface area contributed by atoms with Crippen molar-refractivity contribution in [1.82, 2.24) is 29.5 Å². The Morgan fingerprint density at radius 3 is 2.57 bits per heavy atom. The zero-order chi connectivity index (χ0) is 31.6. The number of likely N-dealkylation sites (tertiary alicyclic amines) is 2. The van der Waals surface area contributed by atoms with Crippen molar-refractivity contribution in [3.63, 3.8) is 0 Å². The van der Waals surface area contributed by atoms with Gasteiger partial charge in [0.25, 0.3) is 5.91 Å². The van der Waals surface area contributed by atoms with E-state index in [9.17, 15) is 4.79 Å². The van der Waals surface area contributed by atoms with E-state index in [-0.39, 0.29) is 36.5 Å². The number of nitrogens with two attached hydrogens (primary N) is 1. The monoisotopic (exact) mass is 624 g/mol. The fourth-order valence-corrected chi connectivity index (χ4v) is 6.40. The number of carbonyl (C=O) groups is 1. The number of halogens is 1. The molecule has 1 amide bonds. The average molecular weight is 625 g/mol. The van der Waals surface area contributed by atoms with Crippen LogP contribution in [-0.4, -0.2) is 66.7 Å². The van der Waals surface area contributed by atoms with E-state index in [0.29, 0.717) is 41.3 Å². The zero-order valence-corrected chi connectivity index (χ0v) is 25.6. The van der Waals surface area contributed by atoms with E-state index in [1.165, 1.54) is 18.8 Å². The van der Waals surface area contributed by atoms with Gasteiger partial charge in [-0.05, 0) is 76.9 Å². The number of fused-ring (bicyclic) bond motifs is 1. The van der Waals surface area contributed by atoms with Crippen molar-refractivity contribution in [3.05, 3.63) is 83.9 Å². The largest absolute Gasteiger partial charge is 0.457 e. The molecule has 1 atom stereocenters. The van der Waals surface area contributed by atoms with Crippen LogP contribution in [-0.2, 0) is 11.3 Å². The molecule has 11 heteroatoms. The minimum Gasteiger partial charge on any atom is -0.457 e. The number of benzene rings is 2. The van der Waals surface area contributed by atoms with Gasteiger partial charge in [0.2, 0.25) is 5.70 Å². The first-order valence-electron chi connectivity index (χ1n) is 15.4. The zero-order valence-electron chi connectivity index (χ0n) is 25.6. The predicted octanol–water partition coefficient (Wildman–Crippen LogP) is 6.70. The molecule has 240 valence electrons. The third-order valence-corrected chi connectivity index (χ3v) is 8.76. The van der Waals surface area contributed by atoms with Crippen LogP contribution in [0.2, 0.25) is 0 Å². The minimum absolute atomic E-state index is 0. The highest BCUT2D eigenvalue weighted by Gasteiger charge is 2.34. The van der Waals surface area contributed by atoms with Crippen LogP contribution in [0.4, 0.5) is 10.2 Å². The molecule has 2 aliphatic rings. The Bertz CT molecular complexity index is 1770. The maximum absolute atomic E-state index is 15.6. The number of carbonyl (C=O) groups excluding carboxylic acids is 1. The Labute approximate surface area is 269 Å². The van der Waals surface area contributed by atoms with Crippen LogP contribution >= 0.6 is 0 Å². The molecule has 0 aliphatic carbocycles. The summed E-state index contributed by atoms with van der Waals surface area (Å²) in [5, 5.41) is 5.21. The van der Waals surface area contributed by atoms with Gasteiger partial charge in [0.15, 0.2) is 5.65 Å². The number of amides is 1. The van der Waals surface area contributed by atoms with Crippen molar-refractivity contribution >= 4 is 22.8 Å². The number of aromatic nitrogens is 4. The number of para-hydroxylation sites is 1. The molecular weight excluding hydrogens is 583 g/mol. The Balaban J connectivity index is 0.00000417. The van der Waals surface area contributed by atoms with E-state index in [0.717, 1.165) is 38.8 Å². The van der Waals surface area contributed by atoms with Gasteiger partial charge < -0.3 is 15.4 Å². The first-order chi connectivity index (χ1) is 21.7. The number of hydrogen-bond donors (Lipinski definition) is 1. The molecule has 46 heavy (non-hydrogen) atoms. The predicted molar refractivity (Wildman–Crippen MR) is 177 cm³/mol. The summed E-state index contributed by atoms with van der Waals surface area (Å²) in [5.74, 6) is 0.326. The summed E-state index contributed by atoms with van der Waals surface area (Å²) in [4.78, 5) is 30.2. The van der Waals surface area contributed by atoms with Gasteiger partial charge in [0.05, 0.1) is 24.5 Å². The fourth-order valence-electron chi connectivity index (χ4n) is 6.40. The number of nitrogen functional groups attached to an aromatic ring is 1. The summed E-state index contributed by atoms with van der Waals surface area (Å²) < 4.78 is 23.1. The topological polar surface area (TPSA) is 107 Å². The number of nitrogens with zero attached hydrogens (tertiary/aromatic N) is 7. The molecule has 1 unspecified atom stereocenters. The molecule has 2 aliphatic heterocycles. The molecule has 0 spiro atoms. The number of ether oxygens (including phenoxy) is 1. The van der Waals surface area contributed by atoms with Gasteiger partial charge in [0.1, 0.15) is 35.2 Å². The molecule has 4 heterocycles. The summed E-state index contributed by atoms with van der Waals surface area (Å²) in [5.41, 5.74) is 7.02. The molecule has 2 aromatic carbocycles. The second-order valence-corrected chi connectivity index (χ2v) is 12.2. The lowest BCUT2D eigenvalue weighted by Gasteiger charge is -2.39. The van der Waals surface area contributed by atoms with Gasteiger partial charge in [-0.1, -0.05) is 38.1 Å². The van der Waals surface area contributed by atoms with Gasteiger partial charge in [-0.3, -0.25) is 9.69 Å². The molecule has 4 aromatic rings. The van der Waals surface area contributed by atoms with Crippen molar-refractivity contribution in [2.45, 2.75) is 71.5 Å². The normalized spacial score (nSPS) is 17.5. The highest BCUT2D eigenvalue weighted by atomic mass is 19.1. The van der Waals surface area contributed by atoms with Crippen molar-refractivity contribution in [2.75, 3.05) is 25.4 Å². The van der Waals surface area contributed by atoms with E-state index in [1.807, 2.05) is 24.3 Å². The maximum atomic E-state index is 15.6. The van der Waals surface area contributed by atoms with Crippen LogP contribution in [0.3, 0.4) is 0 Å². The summed E-state index contributed by atoms with van der Waals surface area (Å²) in [6.07, 6.45) is 8.18. The number of piperidine rings is 1. The van der Waals surface area contributed by atoms with Gasteiger partial charge in [-0.15, -0.1) is 0 Å². The Kier molecular flexibility index (Phi) is 9.68. The lowest BCUT2D eigenvalue weighted by atomic mass is 9.97. The number of hydrogen-bond acceptors (Lipinski definition) is 7. The maximum Gasteiger partial charge on any atom is 0.252 e. The summed E-state index contributed by atoms with van der Waals surface area (Å²) in [7, 11) is 0. The van der Waals surface area contributed by atoms with Crippen LogP contribution in [0.1, 0.15) is 53.4 Å². The minimum atomic E-state index is -0.529. The SMILES string of the molecule is C.[C-]#[N+]C(=CC(C)(C)N1CCCCC1)C(=O)N1CCCC1Cn1nc(-c2ccc(Oc3ccccc3)cc2F)c2c(N)ncnc21. The molecule has 0 radical (unpaired) electrons. The third kappa shape index (κ3) is 6.58. The molecule has 0 bridgehead atoms. The molecule has 2 fully saturated rings. The first kappa shape index (κ1) is 32.6. The van der Waals surface area contributed by atoms with Crippen molar-refractivity contribution in [3.8, 4) is 22.8 Å². The third-order valence-electron chi connectivity index (χ3n) is 8.76. The first-order valence-corrected chi connectivity index (χ1v) is 15.4. The van der Waals surface area contributed by atoms with Crippen molar-refractivity contribution in [2.24, 2.45) is 0 Å². The molecule has 2 aromatic heterocycles. The van der Waals surface area contributed by atoms with E-state index < -0.39 is 11.4 Å². The smallest absolute Gasteiger partial charge is 0.252 e. The lowest BCUT2D eigenvalue weighted by molar-refractivity contribution is -0.127. The molecule has 0 saturated carbocycles. The van der Waals surface area contributed by atoms with Crippen LogP contribution in [0.5, 0.6) is 11.5 Å². The molecule has 6 rings (SSSR count). The van der Waals surface area contributed by atoms with Gasteiger partial charge >= 0.3 is 0 Å². The second-order valence-electron chi connectivity index (χ2n) is 12.2. The second kappa shape index (κ2) is 13.7. The van der Waals surface area contributed by atoms with Gasteiger partial charge in [-0.2, -0.15) is 5.10 Å². The highest BCUT2D eigenvalue weighted by molar-refractivity contribution is 5.98. The number of anilines is 1.